The topological polar surface area (TPSA) is 190 Å². The number of aliphatic hydroxyl groups is 1. The van der Waals surface area contributed by atoms with Crippen molar-refractivity contribution in [1.82, 2.24) is 24.6 Å². The number of imidazole rings is 1. The fourth-order valence-electron chi connectivity index (χ4n) is 4.23. The molecule has 1 aliphatic carbocycles. The van der Waals surface area contributed by atoms with Gasteiger partial charge in [-0.15, -0.1) is 0 Å². The van der Waals surface area contributed by atoms with E-state index in [9.17, 15) is 14.5 Å². The maximum atomic E-state index is 15.3. The zero-order chi connectivity index (χ0) is 27.6. The Morgan fingerprint density at radius 2 is 1.97 bits per heavy atom. The highest BCUT2D eigenvalue weighted by Gasteiger charge is 2.46. The van der Waals surface area contributed by atoms with E-state index < -0.39 is 44.0 Å². The standard InChI is InChI=1S/C23H31FN7O6P/c1-12(2)36-22(33)13(3)30-38(34,37-15-7-5-4-6-8-15)35-10-14-9-16(17(24)19(14)32)31-11-27-18-20(25)28-23(26)29-21(18)31/h4-8,11-14,16-17,19,32H,9-10H2,1-3H3,(H,30,34)(H4,25,26,28,29)/t13-,14+,16+,17-,19+,38-/m0/s1. The number of hydrogen-bond donors (Lipinski definition) is 4. The fraction of sp³-hybridized carbons (Fsp3) is 0.478. The summed E-state index contributed by atoms with van der Waals surface area (Å²) in [6.45, 7) is 4.48. The number of rotatable bonds is 10. The molecule has 38 heavy (non-hydrogen) atoms. The number of ether oxygens (including phenoxy) is 1. The van der Waals surface area contributed by atoms with E-state index in [2.05, 4.69) is 20.0 Å². The third-order valence-corrected chi connectivity index (χ3v) is 7.67. The van der Waals surface area contributed by atoms with Crippen molar-refractivity contribution in [2.75, 3.05) is 18.1 Å². The number of nitrogens with zero attached hydrogens (tertiary/aromatic N) is 4. The number of nitrogens with one attached hydrogen (secondary N) is 1. The lowest BCUT2D eigenvalue weighted by atomic mass is 10.1. The molecule has 1 aliphatic rings. The molecule has 1 aromatic carbocycles. The van der Waals surface area contributed by atoms with Crippen LogP contribution in [-0.2, 0) is 18.6 Å². The number of para-hydroxylation sites is 1. The third kappa shape index (κ3) is 6.04. The van der Waals surface area contributed by atoms with Crippen LogP contribution in [0.2, 0.25) is 0 Å². The van der Waals surface area contributed by atoms with Crippen molar-refractivity contribution in [2.45, 2.75) is 57.7 Å². The fourth-order valence-corrected chi connectivity index (χ4v) is 5.77. The number of halogens is 1. The van der Waals surface area contributed by atoms with Crippen molar-refractivity contribution in [1.29, 1.82) is 0 Å². The number of hydrogen-bond acceptors (Lipinski definition) is 11. The SMILES string of the molecule is CC(C)OC(=O)[C@H](C)N[P@](=O)(OC[C@H]1C[C@@H](n2cnc3c(N)nc(N)nc32)[C@H](F)[C@@H]1O)Oc1ccccc1. The number of nitrogens with two attached hydrogens (primary N) is 2. The highest BCUT2D eigenvalue weighted by molar-refractivity contribution is 7.52. The van der Waals surface area contributed by atoms with Crippen molar-refractivity contribution in [2.24, 2.45) is 5.92 Å². The molecule has 0 bridgehead atoms. The number of carbonyl (C=O) groups excluding carboxylic acids is 1. The molecule has 2 heterocycles. The molecule has 0 radical (unpaired) electrons. The average molecular weight is 552 g/mol. The zero-order valence-corrected chi connectivity index (χ0v) is 22.0. The molecular formula is C23H31FN7O6P. The van der Waals surface area contributed by atoms with Crippen molar-refractivity contribution in [3.63, 3.8) is 0 Å². The number of alkyl halides is 1. The summed E-state index contributed by atoms with van der Waals surface area (Å²) in [4.78, 5) is 24.4. The second-order valence-electron chi connectivity index (χ2n) is 9.32. The van der Waals surface area contributed by atoms with Gasteiger partial charge in [0.15, 0.2) is 11.5 Å². The first-order valence-corrected chi connectivity index (χ1v) is 13.6. The number of aliphatic hydroxyl groups excluding tert-OH is 1. The van der Waals surface area contributed by atoms with Gasteiger partial charge in [0, 0.05) is 5.92 Å². The molecule has 13 nitrogen and oxygen atoms in total. The first kappa shape index (κ1) is 27.7. The van der Waals surface area contributed by atoms with Crippen molar-refractivity contribution in [3.05, 3.63) is 36.7 Å². The second-order valence-corrected chi connectivity index (χ2v) is 11.0. The molecule has 0 amide bonds. The summed E-state index contributed by atoms with van der Waals surface area (Å²) in [7, 11) is -4.18. The first-order chi connectivity index (χ1) is 18.0. The number of aromatic nitrogens is 4. The van der Waals surface area contributed by atoms with Gasteiger partial charge in [0.2, 0.25) is 5.95 Å². The number of fused-ring (bicyclic) bond motifs is 1. The van der Waals surface area contributed by atoms with Gasteiger partial charge in [0.1, 0.15) is 23.5 Å². The minimum atomic E-state index is -4.18. The smallest absolute Gasteiger partial charge is 0.459 e. The van der Waals surface area contributed by atoms with E-state index in [-0.39, 0.29) is 47.8 Å². The highest BCUT2D eigenvalue weighted by atomic mass is 31.2. The molecule has 1 saturated carbocycles. The molecule has 6 atom stereocenters. The van der Waals surface area contributed by atoms with Gasteiger partial charge in [0.25, 0.3) is 0 Å². The predicted molar refractivity (Wildman–Crippen MR) is 137 cm³/mol. The average Bonchev–Trinajstić information content (AvgIpc) is 3.39. The second kappa shape index (κ2) is 11.2. The van der Waals surface area contributed by atoms with Crippen LogP contribution in [0.4, 0.5) is 16.2 Å². The largest absolute Gasteiger partial charge is 0.462 e. The predicted octanol–water partition coefficient (Wildman–Crippen LogP) is 2.38. The van der Waals surface area contributed by atoms with E-state index in [1.165, 1.54) is 17.8 Å². The molecule has 0 aliphatic heterocycles. The van der Waals surface area contributed by atoms with Gasteiger partial charge in [-0.2, -0.15) is 15.1 Å². The molecule has 4 rings (SSSR count). The summed E-state index contributed by atoms with van der Waals surface area (Å²) in [6, 6.07) is 6.31. The minimum Gasteiger partial charge on any atom is -0.462 e. The van der Waals surface area contributed by atoms with Crippen molar-refractivity contribution >= 4 is 36.6 Å². The number of nitrogen functional groups attached to an aromatic ring is 2. The lowest BCUT2D eigenvalue weighted by Crippen LogP contribution is -2.37. The quantitative estimate of drug-likeness (QED) is 0.213. The Labute approximate surface area is 218 Å². The van der Waals surface area contributed by atoms with Gasteiger partial charge in [-0.25, -0.2) is 13.9 Å². The Hall–Kier alpha value is -3.32. The Balaban J connectivity index is 1.51. The van der Waals surface area contributed by atoms with E-state index >= 15 is 4.39 Å². The van der Waals surface area contributed by atoms with E-state index in [4.69, 9.17) is 25.3 Å². The van der Waals surface area contributed by atoms with Crippen LogP contribution in [0.15, 0.2) is 36.7 Å². The Kier molecular flexibility index (Phi) is 8.16. The molecule has 15 heteroatoms. The highest BCUT2D eigenvalue weighted by Crippen LogP contribution is 2.47. The molecule has 0 unspecified atom stereocenters. The molecular weight excluding hydrogens is 520 g/mol. The van der Waals surface area contributed by atoms with Gasteiger partial charge in [-0.3, -0.25) is 9.32 Å². The van der Waals surface area contributed by atoms with Crippen LogP contribution < -0.4 is 21.1 Å². The summed E-state index contributed by atoms with van der Waals surface area (Å²) in [5, 5.41) is 13.2. The van der Waals surface area contributed by atoms with E-state index in [0.717, 1.165) is 0 Å². The van der Waals surface area contributed by atoms with E-state index in [1.54, 1.807) is 44.2 Å². The van der Waals surface area contributed by atoms with Gasteiger partial charge >= 0.3 is 13.7 Å². The van der Waals surface area contributed by atoms with Crippen LogP contribution >= 0.6 is 7.75 Å². The maximum Gasteiger partial charge on any atom is 0.459 e. The summed E-state index contributed by atoms with van der Waals surface area (Å²) in [5.41, 5.74) is 12.0. The van der Waals surface area contributed by atoms with Crippen LogP contribution in [0.1, 0.15) is 33.2 Å². The Morgan fingerprint density at radius 3 is 2.66 bits per heavy atom. The molecule has 0 saturated heterocycles. The van der Waals surface area contributed by atoms with Gasteiger partial charge in [0.05, 0.1) is 31.2 Å². The van der Waals surface area contributed by atoms with Gasteiger partial charge in [-0.1, -0.05) is 18.2 Å². The summed E-state index contributed by atoms with van der Waals surface area (Å²) >= 11 is 0. The number of esters is 1. The normalized spacial score (nSPS) is 23.8. The molecule has 2 aromatic heterocycles. The number of benzene rings is 1. The summed E-state index contributed by atoms with van der Waals surface area (Å²) in [5.74, 6) is -1.26. The van der Waals surface area contributed by atoms with Crippen molar-refractivity contribution < 1.29 is 32.6 Å². The van der Waals surface area contributed by atoms with Crippen LogP contribution in [0.25, 0.3) is 11.2 Å². The van der Waals surface area contributed by atoms with Gasteiger partial charge < -0.3 is 30.4 Å². The maximum absolute atomic E-state index is 15.3. The zero-order valence-electron chi connectivity index (χ0n) is 21.1. The van der Waals surface area contributed by atoms with Crippen LogP contribution in [-0.4, -0.2) is 61.6 Å². The summed E-state index contributed by atoms with van der Waals surface area (Å²) < 4.78 is 46.9. The molecule has 206 valence electrons. The van der Waals surface area contributed by atoms with Crippen LogP contribution in [0.3, 0.4) is 0 Å². The van der Waals surface area contributed by atoms with Crippen LogP contribution in [0, 0.1) is 5.92 Å². The molecule has 0 spiro atoms. The van der Waals surface area contributed by atoms with E-state index in [1.807, 2.05) is 0 Å². The molecule has 1 fully saturated rings. The lowest BCUT2D eigenvalue weighted by Gasteiger charge is -2.25. The monoisotopic (exact) mass is 551 g/mol. The molecule has 3 aromatic rings. The minimum absolute atomic E-state index is 0.0512. The van der Waals surface area contributed by atoms with Crippen LogP contribution in [0.5, 0.6) is 5.75 Å². The Morgan fingerprint density at radius 1 is 1.26 bits per heavy atom. The lowest BCUT2D eigenvalue weighted by molar-refractivity contribution is -0.149. The first-order valence-electron chi connectivity index (χ1n) is 12.0. The Bertz CT molecular complexity index is 1330. The van der Waals surface area contributed by atoms with E-state index in [0.29, 0.717) is 0 Å². The van der Waals surface area contributed by atoms with Crippen molar-refractivity contribution in [3.8, 4) is 5.75 Å². The number of carbonyl (C=O) groups is 1. The van der Waals surface area contributed by atoms with Gasteiger partial charge in [-0.05, 0) is 39.3 Å². The molecule has 6 N–H and O–H groups in total. The number of anilines is 2. The summed E-state index contributed by atoms with van der Waals surface area (Å²) in [6.07, 6.45) is -2.11. The third-order valence-electron chi connectivity index (χ3n) is 6.03.